The number of nitrogens with zero attached hydrogens (tertiary/aromatic N) is 2. The molecule has 0 saturated heterocycles. The molecule has 1 atom stereocenters. The number of nitrogens with one attached hydrogen (secondary N) is 2. The molecule has 0 aliphatic carbocycles. The van der Waals surface area contributed by atoms with E-state index >= 15 is 0 Å². The Hall–Kier alpha value is -1.66. The van der Waals surface area contributed by atoms with Gasteiger partial charge < -0.3 is 15.6 Å². The van der Waals surface area contributed by atoms with Crippen molar-refractivity contribution in [2.45, 2.75) is 26.3 Å². The summed E-state index contributed by atoms with van der Waals surface area (Å²) in [6.45, 7) is 5.10. The summed E-state index contributed by atoms with van der Waals surface area (Å²) >= 11 is 0. The normalized spacial score (nSPS) is 12.6. The maximum Gasteiger partial charge on any atom is 0.253 e. The molecule has 1 rings (SSSR count). The molecule has 0 aromatic carbocycles. The van der Waals surface area contributed by atoms with Crippen molar-refractivity contribution in [3.63, 3.8) is 0 Å². The van der Waals surface area contributed by atoms with Gasteiger partial charge in [0.15, 0.2) is 0 Å². The lowest BCUT2D eigenvalue weighted by molar-refractivity contribution is 0.0925. The van der Waals surface area contributed by atoms with Crippen LogP contribution in [0.2, 0.25) is 0 Å². The van der Waals surface area contributed by atoms with Crippen LogP contribution in [-0.2, 0) is 0 Å². The van der Waals surface area contributed by atoms with Crippen LogP contribution < -0.4 is 16.6 Å². The predicted octanol–water partition coefficient (Wildman–Crippen LogP) is 1.07. The Morgan fingerprint density at radius 1 is 1.45 bits per heavy atom. The van der Waals surface area contributed by atoms with Crippen LogP contribution in [0.4, 0.5) is 5.69 Å². The van der Waals surface area contributed by atoms with Gasteiger partial charge in [-0.3, -0.25) is 15.6 Å². The van der Waals surface area contributed by atoms with Gasteiger partial charge in [0.25, 0.3) is 5.91 Å². The van der Waals surface area contributed by atoms with Crippen molar-refractivity contribution in [3.8, 4) is 0 Å². The van der Waals surface area contributed by atoms with E-state index in [-0.39, 0.29) is 11.9 Å². The second kappa shape index (κ2) is 7.81. The van der Waals surface area contributed by atoms with Gasteiger partial charge in [-0.1, -0.05) is 13.8 Å². The van der Waals surface area contributed by atoms with E-state index in [1.165, 1.54) is 6.20 Å². The average Bonchev–Trinajstić information content (AvgIpc) is 2.36. The van der Waals surface area contributed by atoms with Crippen LogP contribution in [0, 0.1) is 5.92 Å². The summed E-state index contributed by atoms with van der Waals surface area (Å²) in [5.74, 6) is 5.79. The average molecular weight is 279 g/mol. The van der Waals surface area contributed by atoms with Crippen molar-refractivity contribution in [2.75, 3.05) is 26.1 Å². The van der Waals surface area contributed by atoms with Gasteiger partial charge in [-0.25, -0.2) is 0 Å². The second-order valence-corrected chi connectivity index (χ2v) is 5.63. The van der Waals surface area contributed by atoms with E-state index in [0.29, 0.717) is 17.2 Å². The molecular formula is C14H25N5O. The van der Waals surface area contributed by atoms with Gasteiger partial charge in [0.2, 0.25) is 0 Å². The number of hydrogen-bond acceptors (Lipinski definition) is 5. The van der Waals surface area contributed by atoms with Gasteiger partial charge in [-0.05, 0) is 32.5 Å². The third kappa shape index (κ3) is 5.14. The lowest BCUT2D eigenvalue weighted by Crippen LogP contribution is -2.42. The van der Waals surface area contributed by atoms with Gasteiger partial charge in [0, 0.05) is 18.8 Å². The van der Waals surface area contributed by atoms with E-state index in [2.05, 4.69) is 34.5 Å². The molecule has 112 valence electrons. The molecule has 4 N–H and O–H groups in total. The van der Waals surface area contributed by atoms with E-state index in [1.54, 1.807) is 12.3 Å². The molecule has 0 fully saturated rings. The van der Waals surface area contributed by atoms with Gasteiger partial charge in [0.05, 0.1) is 17.4 Å². The summed E-state index contributed by atoms with van der Waals surface area (Å²) in [5.41, 5.74) is 3.53. The van der Waals surface area contributed by atoms with Crippen molar-refractivity contribution in [1.82, 2.24) is 15.2 Å². The fourth-order valence-electron chi connectivity index (χ4n) is 2.16. The van der Waals surface area contributed by atoms with Crippen molar-refractivity contribution < 1.29 is 4.79 Å². The molecule has 1 aromatic heterocycles. The second-order valence-electron chi connectivity index (χ2n) is 5.63. The van der Waals surface area contributed by atoms with E-state index in [1.807, 2.05) is 14.1 Å². The Labute approximate surface area is 120 Å². The summed E-state index contributed by atoms with van der Waals surface area (Å²) < 4.78 is 0. The molecule has 0 aliphatic heterocycles. The Kier molecular flexibility index (Phi) is 6.41. The maximum absolute atomic E-state index is 12.3. The van der Waals surface area contributed by atoms with Crippen LogP contribution in [0.5, 0.6) is 0 Å². The monoisotopic (exact) mass is 279 g/mol. The fraction of sp³-hybridized carbons (Fsp3) is 0.571. The minimum absolute atomic E-state index is 0.108. The number of amides is 1. The number of likely N-dealkylation sites (N-methyl/N-ethyl adjacent to an activating group) is 1. The maximum atomic E-state index is 12.3. The highest BCUT2D eigenvalue weighted by atomic mass is 16.1. The first-order chi connectivity index (χ1) is 9.43. The van der Waals surface area contributed by atoms with Crippen LogP contribution >= 0.6 is 0 Å². The van der Waals surface area contributed by atoms with Crippen molar-refractivity contribution in [2.24, 2.45) is 11.8 Å². The number of rotatable bonds is 7. The molecule has 1 aromatic rings. The first-order valence-corrected chi connectivity index (χ1v) is 6.80. The Balaban J connectivity index is 2.79. The number of hydrazine groups is 1. The number of carbonyl (C=O) groups is 1. The lowest BCUT2D eigenvalue weighted by Gasteiger charge is -2.24. The van der Waals surface area contributed by atoms with Crippen LogP contribution in [-0.4, -0.2) is 42.5 Å². The molecule has 0 saturated carbocycles. The number of hydrogen-bond donors (Lipinski definition) is 3. The summed E-state index contributed by atoms with van der Waals surface area (Å²) in [4.78, 5) is 18.4. The van der Waals surface area contributed by atoms with Crippen LogP contribution in [0.15, 0.2) is 18.5 Å². The first kappa shape index (κ1) is 16.4. The van der Waals surface area contributed by atoms with E-state index in [9.17, 15) is 4.79 Å². The van der Waals surface area contributed by atoms with Crippen LogP contribution in [0.1, 0.15) is 30.6 Å². The minimum atomic E-state index is -0.132. The number of nitrogens with two attached hydrogens (primary N) is 1. The Bertz CT molecular complexity index is 423. The molecule has 20 heavy (non-hydrogen) atoms. The third-order valence-electron chi connectivity index (χ3n) is 2.90. The van der Waals surface area contributed by atoms with E-state index in [0.717, 1.165) is 13.0 Å². The molecular weight excluding hydrogens is 254 g/mol. The van der Waals surface area contributed by atoms with Crippen molar-refractivity contribution in [1.29, 1.82) is 0 Å². The number of anilines is 1. The van der Waals surface area contributed by atoms with Gasteiger partial charge in [0.1, 0.15) is 0 Å². The summed E-state index contributed by atoms with van der Waals surface area (Å²) in [5, 5.41) is 3.07. The highest BCUT2D eigenvalue weighted by Gasteiger charge is 2.18. The smallest absolute Gasteiger partial charge is 0.253 e. The standard InChI is InChI=1S/C14H25N5O/c1-10(2)7-11(9-19(3)4)17-14(20)12-5-6-16-8-13(12)18-15/h5-6,8,10-11,18H,7,9,15H2,1-4H3,(H,17,20). The topological polar surface area (TPSA) is 83.3 Å². The SMILES string of the molecule is CC(C)CC(CN(C)C)NC(=O)c1ccncc1NN. The van der Waals surface area contributed by atoms with Crippen LogP contribution in [0.3, 0.4) is 0 Å². The lowest BCUT2D eigenvalue weighted by atomic mass is 10.0. The fourth-order valence-corrected chi connectivity index (χ4v) is 2.16. The molecule has 0 radical (unpaired) electrons. The zero-order valence-corrected chi connectivity index (χ0v) is 12.7. The third-order valence-corrected chi connectivity index (χ3v) is 2.90. The molecule has 1 heterocycles. The van der Waals surface area contributed by atoms with Gasteiger partial charge in [-0.2, -0.15) is 0 Å². The van der Waals surface area contributed by atoms with Crippen LogP contribution in [0.25, 0.3) is 0 Å². The molecule has 0 aliphatic rings. The number of aromatic nitrogens is 1. The summed E-state index contributed by atoms with van der Waals surface area (Å²) in [6, 6.07) is 1.77. The predicted molar refractivity (Wildman–Crippen MR) is 81.3 cm³/mol. The van der Waals surface area contributed by atoms with Gasteiger partial charge in [-0.15, -0.1) is 0 Å². The Morgan fingerprint density at radius 2 is 2.15 bits per heavy atom. The first-order valence-electron chi connectivity index (χ1n) is 6.80. The molecule has 6 nitrogen and oxygen atoms in total. The molecule has 0 spiro atoms. The minimum Gasteiger partial charge on any atom is -0.348 e. The highest BCUT2D eigenvalue weighted by molar-refractivity contribution is 5.99. The summed E-state index contributed by atoms with van der Waals surface area (Å²) in [7, 11) is 4.00. The highest BCUT2D eigenvalue weighted by Crippen LogP contribution is 2.13. The molecule has 1 amide bonds. The number of nitrogen functional groups attached to an aromatic ring is 1. The molecule has 6 heteroatoms. The van der Waals surface area contributed by atoms with E-state index in [4.69, 9.17) is 5.84 Å². The van der Waals surface area contributed by atoms with Crippen molar-refractivity contribution >= 4 is 11.6 Å². The zero-order valence-electron chi connectivity index (χ0n) is 12.7. The molecule has 1 unspecified atom stereocenters. The van der Waals surface area contributed by atoms with E-state index < -0.39 is 0 Å². The van der Waals surface area contributed by atoms with Crippen molar-refractivity contribution in [3.05, 3.63) is 24.0 Å². The summed E-state index contributed by atoms with van der Waals surface area (Å²) in [6.07, 6.45) is 4.05. The Morgan fingerprint density at radius 3 is 2.70 bits per heavy atom. The quantitative estimate of drug-likeness (QED) is 0.514. The number of pyridine rings is 1. The molecule has 0 bridgehead atoms. The zero-order chi connectivity index (χ0) is 15.1. The largest absolute Gasteiger partial charge is 0.348 e. The number of carbonyl (C=O) groups excluding carboxylic acids is 1. The van der Waals surface area contributed by atoms with Gasteiger partial charge >= 0.3 is 0 Å².